The molecule has 4 nitrogen and oxygen atoms in total. The molecule has 0 heterocycles. The van der Waals surface area contributed by atoms with Gasteiger partial charge in [0.2, 0.25) is 0 Å². The predicted octanol–water partition coefficient (Wildman–Crippen LogP) is 5.24. The minimum Gasteiger partial charge on any atom is -0.410 e. The molecule has 0 bridgehead atoms. The van der Waals surface area contributed by atoms with E-state index in [4.69, 9.17) is 4.74 Å². The first-order valence-corrected chi connectivity index (χ1v) is 8.86. The number of benzene rings is 2. The zero-order chi connectivity index (χ0) is 21.2. The van der Waals surface area contributed by atoms with Crippen LogP contribution in [0.5, 0.6) is 5.75 Å². The number of hydrogen-bond acceptors (Lipinski definition) is 3. The van der Waals surface area contributed by atoms with Crippen LogP contribution in [0.2, 0.25) is 0 Å². The van der Waals surface area contributed by atoms with Crippen molar-refractivity contribution < 1.29 is 27.8 Å². The lowest BCUT2D eigenvalue weighted by Crippen LogP contribution is -2.42. The first kappa shape index (κ1) is 21.8. The van der Waals surface area contributed by atoms with Crippen LogP contribution < -0.4 is 10.1 Å². The van der Waals surface area contributed by atoms with Gasteiger partial charge in [-0.3, -0.25) is 0 Å². The van der Waals surface area contributed by atoms with Gasteiger partial charge in [-0.05, 0) is 62.6 Å². The molecule has 0 saturated heterocycles. The summed E-state index contributed by atoms with van der Waals surface area (Å²) >= 11 is 0. The summed E-state index contributed by atoms with van der Waals surface area (Å²) < 4.78 is 44.2. The van der Waals surface area contributed by atoms with Gasteiger partial charge in [-0.15, -0.1) is 0 Å². The summed E-state index contributed by atoms with van der Waals surface area (Å²) in [5.74, 6) is 0.257. The molecular weight excluding hydrogens is 371 g/mol. The molecule has 0 aliphatic heterocycles. The number of amides is 1. The van der Waals surface area contributed by atoms with Gasteiger partial charge >= 0.3 is 12.3 Å². The summed E-state index contributed by atoms with van der Waals surface area (Å²) in [7, 11) is 0. The fraction of sp³-hybridized carbons (Fsp3) is 0.381. The van der Waals surface area contributed by atoms with Gasteiger partial charge in [0.05, 0.1) is 5.56 Å². The van der Waals surface area contributed by atoms with E-state index in [0.29, 0.717) is 5.56 Å². The number of aliphatic hydroxyl groups is 1. The highest BCUT2D eigenvalue weighted by molar-refractivity contribution is 5.71. The van der Waals surface area contributed by atoms with Crippen LogP contribution in [0.3, 0.4) is 0 Å². The van der Waals surface area contributed by atoms with Crippen LogP contribution >= 0.6 is 0 Å². The Morgan fingerprint density at radius 3 is 2.07 bits per heavy atom. The maximum atomic E-state index is 13.0. The topological polar surface area (TPSA) is 58.6 Å². The van der Waals surface area contributed by atoms with Gasteiger partial charge in [-0.2, -0.15) is 13.2 Å². The second kappa shape index (κ2) is 7.83. The molecule has 2 N–H and O–H groups in total. The smallest absolute Gasteiger partial charge is 0.410 e. The number of alkyl halides is 3. The zero-order valence-electron chi connectivity index (χ0n) is 16.2. The third kappa shape index (κ3) is 5.25. The first-order valence-electron chi connectivity index (χ1n) is 8.86. The van der Waals surface area contributed by atoms with E-state index in [2.05, 4.69) is 5.32 Å². The van der Waals surface area contributed by atoms with Gasteiger partial charge in [0.1, 0.15) is 11.4 Å². The molecule has 0 spiro atoms. The van der Waals surface area contributed by atoms with Crippen LogP contribution in [0.25, 0.3) is 0 Å². The maximum absolute atomic E-state index is 13.0. The van der Waals surface area contributed by atoms with Gasteiger partial charge in [-0.1, -0.05) is 31.2 Å². The summed E-state index contributed by atoms with van der Waals surface area (Å²) in [6.07, 6.45) is -4.95. The lowest BCUT2D eigenvalue weighted by atomic mass is 9.83. The monoisotopic (exact) mass is 395 g/mol. The summed E-state index contributed by atoms with van der Waals surface area (Å²) in [6, 6.07) is 10.7. The number of carbonyl (C=O) groups excluding carboxylic acids is 1. The molecule has 0 aliphatic rings. The Balaban J connectivity index is 2.28. The Hall–Kier alpha value is -2.54. The van der Waals surface area contributed by atoms with Gasteiger partial charge in [0.15, 0.2) is 0 Å². The van der Waals surface area contributed by atoms with E-state index in [1.165, 1.54) is 36.4 Å². The Morgan fingerprint density at radius 1 is 1.00 bits per heavy atom. The molecule has 0 aliphatic carbocycles. The Kier molecular flexibility index (Phi) is 6.09. The summed E-state index contributed by atoms with van der Waals surface area (Å²) in [5, 5.41) is 13.7. The van der Waals surface area contributed by atoms with E-state index in [-0.39, 0.29) is 17.7 Å². The average molecular weight is 395 g/mol. The third-order valence-corrected chi connectivity index (χ3v) is 4.20. The normalized spacial score (nSPS) is 14.3. The van der Waals surface area contributed by atoms with Gasteiger partial charge in [0, 0.05) is 5.54 Å². The van der Waals surface area contributed by atoms with E-state index >= 15 is 0 Å². The molecule has 0 fully saturated rings. The van der Waals surface area contributed by atoms with Crippen LogP contribution in [-0.4, -0.2) is 16.7 Å². The van der Waals surface area contributed by atoms with E-state index in [1.54, 1.807) is 6.92 Å². The minimum absolute atomic E-state index is 0.143. The molecule has 7 heteroatoms. The molecular formula is C21H24F3NO3. The molecule has 2 rings (SSSR count). The molecule has 1 amide bonds. The number of carbonyl (C=O) groups is 1. The van der Waals surface area contributed by atoms with Gasteiger partial charge in [-0.25, -0.2) is 4.79 Å². The largest absolute Gasteiger partial charge is 0.416 e. The van der Waals surface area contributed by atoms with Crippen LogP contribution in [0.1, 0.15) is 50.8 Å². The van der Waals surface area contributed by atoms with E-state index < -0.39 is 29.0 Å². The SMILES string of the molecule is CCC(O)(c1ccc(OC(=O)NC(C)(C)C)cc1)c1cccc(C(F)(F)F)c1. The van der Waals surface area contributed by atoms with Gasteiger partial charge in [0.25, 0.3) is 0 Å². The lowest BCUT2D eigenvalue weighted by Gasteiger charge is -2.29. The number of hydrogen-bond donors (Lipinski definition) is 2. The first-order chi connectivity index (χ1) is 12.8. The second-order valence-corrected chi connectivity index (χ2v) is 7.58. The molecule has 1 unspecified atom stereocenters. The summed E-state index contributed by atoms with van der Waals surface area (Å²) in [6.45, 7) is 7.12. The van der Waals surface area contributed by atoms with Crippen molar-refractivity contribution in [3.63, 3.8) is 0 Å². The molecule has 0 aromatic heterocycles. The van der Waals surface area contributed by atoms with Crippen molar-refractivity contribution >= 4 is 6.09 Å². The van der Waals surface area contributed by atoms with Crippen molar-refractivity contribution in [2.75, 3.05) is 0 Å². The average Bonchev–Trinajstić information content (AvgIpc) is 2.59. The molecule has 2 aromatic rings. The molecule has 0 saturated carbocycles. The Morgan fingerprint density at radius 2 is 1.57 bits per heavy atom. The van der Waals surface area contributed by atoms with Crippen molar-refractivity contribution in [2.24, 2.45) is 0 Å². The summed E-state index contributed by atoms with van der Waals surface area (Å²) in [5.41, 5.74) is -2.34. The van der Waals surface area contributed by atoms with Crippen LogP contribution in [0.4, 0.5) is 18.0 Å². The highest BCUT2D eigenvalue weighted by Gasteiger charge is 2.35. The van der Waals surface area contributed by atoms with Crippen LogP contribution in [0.15, 0.2) is 48.5 Å². The van der Waals surface area contributed by atoms with Gasteiger partial charge < -0.3 is 15.2 Å². The Labute approximate surface area is 162 Å². The van der Waals surface area contributed by atoms with Crippen molar-refractivity contribution in [1.29, 1.82) is 0 Å². The fourth-order valence-electron chi connectivity index (χ4n) is 2.77. The van der Waals surface area contributed by atoms with Crippen LogP contribution in [-0.2, 0) is 11.8 Å². The van der Waals surface area contributed by atoms with Crippen molar-refractivity contribution in [3.8, 4) is 5.75 Å². The minimum atomic E-state index is -4.50. The van der Waals surface area contributed by atoms with Crippen molar-refractivity contribution in [1.82, 2.24) is 5.32 Å². The molecule has 152 valence electrons. The highest BCUT2D eigenvalue weighted by Crippen LogP contribution is 2.37. The fourth-order valence-corrected chi connectivity index (χ4v) is 2.77. The summed E-state index contributed by atoms with van der Waals surface area (Å²) in [4.78, 5) is 11.8. The third-order valence-electron chi connectivity index (χ3n) is 4.20. The Bertz CT molecular complexity index is 826. The van der Waals surface area contributed by atoms with Crippen molar-refractivity contribution in [2.45, 2.75) is 51.4 Å². The maximum Gasteiger partial charge on any atom is 0.416 e. The van der Waals surface area contributed by atoms with Crippen molar-refractivity contribution in [3.05, 3.63) is 65.2 Å². The molecule has 1 atom stereocenters. The lowest BCUT2D eigenvalue weighted by molar-refractivity contribution is -0.137. The quantitative estimate of drug-likeness (QED) is 0.745. The molecule has 28 heavy (non-hydrogen) atoms. The van der Waals surface area contributed by atoms with E-state index in [0.717, 1.165) is 12.1 Å². The number of ether oxygens (including phenoxy) is 1. The predicted molar refractivity (Wildman–Crippen MR) is 100 cm³/mol. The molecule has 2 aromatic carbocycles. The number of halogens is 3. The number of nitrogens with one attached hydrogen (secondary N) is 1. The second-order valence-electron chi connectivity index (χ2n) is 7.58. The van der Waals surface area contributed by atoms with E-state index in [1.807, 2.05) is 20.8 Å². The zero-order valence-corrected chi connectivity index (χ0v) is 16.2. The molecule has 0 radical (unpaired) electrons. The highest BCUT2D eigenvalue weighted by atomic mass is 19.4. The van der Waals surface area contributed by atoms with E-state index in [9.17, 15) is 23.1 Å². The standard InChI is InChI=1S/C21H24F3NO3/c1-5-20(27,15-7-6-8-16(13-15)21(22,23)24)14-9-11-17(12-10-14)28-18(26)25-19(2,3)4/h6-13,27H,5H2,1-4H3,(H,25,26). The van der Waals surface area contributed by atoms with Crippen LogP contribution in [0, 0.1) is 0 Å². The number of rotatable bonds is 4.